The summed E-state index contributed by atoms with van der Waals surface area (Å²) in [4.78, 5) is 19.9. The molecular formula is C42H32ClF4N5O2. The van der Waals surface area contributed by atoms with E-state index in [-0.39, 0.29) is 52.0 Å². The van der Waals surface area contributed by atoms with Crippen LogP contribution in [0, 0.1) is 12.7 Å². The molecule has 54 heavy (non-hydrogen) atoms. The second kappa shape index (κ2) is 15.1. The smallest absolute Gasteiger partial charge is 0.418 e. The number of hydrogen-bond donors (Lipinski definition) is 0. The summed E-state index contributed by atoms with van der Waals surface area (Å²) in [6.07, 6.45) is -4.92. The van der Waals surface area contributed by atoms with Crippen molar-refractivity contribution in [2.24, 2.45) is 0 Å². The summed E-state index contributed by atoms with van der Waals surface area (Å²) in [5, 5.41) is -0.211. The Morgan fingerprint density at radius 3 is 1.70 bits per heavy atom. The quantitative estimate of drug-likeness (QED) is 0.102. The first-order valence-corrected chi connectivity index (χ1v) is 17.2. The topological polar surface area (TPSA) is 73.3 Å². The fourth-order valence-corrected chi connectivity index (χ4v) is 6.54. The molecule has 0 atom stereocenters. The third-order valence-electron chi connectivity index (χ3n) is 8.92. The third-order valence-corrected chi connectivity index (χ3v) is 9.19. The van der Waals surface area contributed by atoms with Crippen LogP contribution in [0.1, 0.15) is 22.3 Å². The van der Waals surface area contributed by atoms with Crippen LogP contribution in [0.5, 0.6) is 11.5 Å². The number of rotatable bonds is 10. The normalized spacial score (nSPS) is 11.5. The Morgan fingerprint density at radius 2 is 1.19 bits per heavy atom. The highest BCUT2D eigenvalue weighted by molar-refractivity contribution is 6.35. The second-order valence-corrected chi connectivity index (χ2v) is 12.8. The summed E-state index contributed by atoms with van der Waals surface area (Å²) in [6, 6.07) is 33.8. The minimum Gasteiger partial charge on any atom is -0.497 e. The number of pyridine rings is 2. The van der Waals surface area contributed by atoms with Crippen molar-refractivity contribution >= 4 is 28.3 Å². The Hall–Kier alpha value is -6.07. The molecule has 0 aliphatic heterocycles. The van der Waals surface area contributed by atoms with E-state index in [1.54, 1.807) is 87.0 Å². The standard InChI is InChI=1S/C42H32ClF4N5O2/c1-25-22-32(52(23-26-14-18-30(53-2)19-15-26)24-27-16-20-31(54-3)21-17-27)48-38(34(25)42(45,46)47)39-35(44)37-33(40(43)49-39)36(28-10-6-4-7-11-28)50-41(51-37)29-12-8-5-9-13-29/h4-22H,23-24H2,1-3H3. The first-order chi connectivity index (χ1) is 26.0. The first kappa shape index (κ1) is 36.3. The zero-order valence-corrected chi connectivity index (χ0v) is 30.1. The highest BCUT2D eigenvalue weighted by Crippen LogP contribution is 2.43. The molecule has 0 saturated heterocycles. The molecule has 0 N–H and O–H groups in total. The molecule has 7 nitrogen and oxygen atoms in total. The molecule has 4 aromatic carbocycles. The maximum Gasteiger partial charge on any atom is 0.418 e. The molecule has 272 valence electrons. The number of anilines is 1. The number of ether oxygens (including phenoxy) is 2. The minimum absolute atomic E-state index is 0.0610. The molecule has 7 aromatic rings. The molecule has 0 aliphatic rings. The lowest BCUT2D eigenvalue weighted by Crippen LogP contribution is -2.24. The van der Waals surface area contributed by atoms with Gasteiger partial charge in [-0.2, -0.15) is 13.2 Å². The van der Waals surface area contributed by atoms with Gasteiger partial charge in [0.15, 0.2) is 11.6 Å². The van der Waals surface area contributed by atoms with Gasteiger partial charge >= 0.3 is 6.18 Å². The van der Waals surface area contributed by atoms with Gasteiger partial charge in [-0.05, 0) is 53.9 Å². The molecule has 0 unspecified atom stereocenters. The van der Waals surface area contributed by atoms with Crippen LogP contribution in [0.2, 0.25) is 5.15 Å². The lowest BCUT2D eigenvalue weighted by atomic mass is 10.0. The zero-order valence-electron chi connectivity index (χ0n) is 29.3. The molecule has 0 radical (unpaired) electrons. The summed E-state index contributed by atoms with van der Waals surface area (Å²) in [7, 11) is 3.12. The van der Waals surface area contributed by atoms with Crippen molar-refractivity contribution in [2.75, 3.05) is 19.1 Å². The predicted molar refractivity (Wildman–Crippen MR) is 202 cm³/mol. The molecule has 3 aromatic heterocycles. The van der Waals surface area contributed by atoms with Crippen molar-refractivity contribution in [1.82, 2.24) is 19.9 Å². The molecule has 7 rings (SSSR count). The fourth-order valence-electron chi connectivity index (χ4n) is 6.28. The highest BCUT2D eigenvalue weighted by atomic mass is 35.5. The molecule has 3 heterocycles. The van der Waals surface area contributed by atoms with Gasteiger partial charge in [0.25, 0.3) is 0 Å². The Balaban J connectivity index is 1.45. The van der Waals surface area contributed by atoms with Crippen molar-refractivity contribution < 1.29 is 27.0 Å². The average molecular weight is 750 g/mol. The zero-order chi connectivity index (χ0) is 38.0. The Labute approximate surface area is 313 Å². The van der Waals surface area contributed by atoms with Crippen LogP contribution >= 0.6 is 11.6 Å². The van der Waals surface area contributed by atoms with Crippen molar-refractivity contribution in [3.05, 3.63) is 148 Å². The number of fused-ring (bicyclic) bond motifs is 1. The van der Waals surface area contributed by atoms with Gasteiger partial charge in [-0.15, -0.1) is 0 Å². The van der Waals surface area contributed by atoms with E-state index < -0.39 is 28.9 Å². The van der Waals surface area contributed by atoms with Gasteiger partial charge in [0.1, 0.15) is 39.4 Å². The average Bonchev–Trinajstić information content (AvgIpc) is 3.19. The lowest BCUT2D eigenvalue weighted by Gasteiger charge is -2.27. The number of nitrogens with zero attached hydrogens (tertiary/aromatic N) is 5. The lowest BCUT2D eigenvalue weighted by molar-refractivity contribution is -0.137. The van der Waals surface area contributed by atoms with E-state index in [0.29, 0.717) is 22.6 Å². The number of aromatic nitrogens is 4. The summed E-state index contributed by atoms with van der Waals surface area (Å²) < 4.78 is 72.7. The van der Waals surface area contributed by atoms with E-state index in [0.717, 1.165) is 11.1 Å². The van der Waals surface area contributed by atoms with E-state index in [1.807, 2.05) is 41.3 Å². The molecule has 0 spiro atoms. The van der Waals surface area contributed by atoms with Crippen molar-refractivity contribution in [2.45, 2.75) is 26.2 Å². The molecule has 0 fully saturated rings. The molecule has 0 aliphatic carbocycles. The number of aryl methyl sites for hydroxylation is 1. The minimum atomic E-state index is -4.92. The van der Waals surface area contributed by atoms with E-state index in [1.165, 1.54) is 13.0 Å². The van der Waals surface area contributed by atoms with Gasteiger partial charge in [0.05, 0.1) is 30.9 Å². The number of benzene rings is 4. The van der Waals surface area contributed by atoms with Gasteiger partial charge in [-0.1, -0.05) is 96.5 Å². The predicted octanol–water partition coefficient (Wildman–Crippen LogP) is 10.8. The van der Waals surface area contributed by atoms with E-state index in [2.05, 4.69) is 15.0 Å². The summed E-state index contributed by atoms with van der Waals surface area (Å²) in [5.74, 6) is 0.508. The van der Waals surface area contributed by atoms with Crippen LogP contribution in [0.25, 0.3) is 44.9 Å². The largest absolute Gasteiger partial charge is 0.497 e. The Bertz CT molecular complexity index is 2380. The van der Waals surface area contributed by atoms with Gasteiger partial charge in [0.2, 0.25) is 0 Å². The number of alkyl halides is 3. The van der Waals surface area contributed by atoms with Crippen LogP contribution in [0.15, 0.2) is 115 Å². The van der Waals surface area contributed by atoms with Crippen LogP contribution in [0.4, 0.5) is 23.4 Å². The van der Waals surface area contributed by atoms with Gasteiger partial charge in [-0.25, -0.2) is 24.3 Å². The molecule has 0 saturated carbocycles. The fraction of sp³-hybridized carbons (Fsp3) is 0.143. The highest BCUT2D eigenvalue weighted by Gasteiger charge is 2.39. The van der Waals surface area contributed by atoms with Crippen molar-refractivity contribution in [1.29, 1.82) is 0 Å². The van der Waals surface area contributed by atoms with Crippen LogP contribution < -0.4 is 14.4 Å². The van der Waals surface area contributed by atoms with Gasteiger partial charge < -0.3 is 14.4 Å². The molecule has 0 amide bonds. The van der Waals surface area contributed by atoms with Crippen molar-refractivity contribution in [3.63, 3.8) is 0 Å². The van der Waals surface area contributed by atoms with Gasteiger partial charge in [-0.3, -0.25) is 0 Å². The summed E-state index contributed by atoms with van der Waals surface area (Å²) in [6.45, 7) is 1.81. The molecule has 12 heteroatoms. The maximum absolute atomic E-state index is 17.1. The molecule has 0 bridgehead atoms. The van der Waals surface area contributed by atoms with Crippen molar-refractivity contribution in [3.8, 4) is 45.5 Å². The Kier molecular flexibility index (Phi) is 10.2. The van der Waals surface area contributed by atoms with Crippen LogP contribution in [-0.4, -0.2) is 34.2 Å². The van der Waals surface area contributed by atoms with E-state index in [9.17, 15) is 13.2 Å². The summed E-state index contributed by atoms with van der Waals surface area (Å²) >= 11 is 6.81. The van der Waals surface area contributed by atoms with Crippen LogP contribution in [-0.2, 0) is 19.3 Å². The number of hydrogen-bond acceptors (Lipinski definition) is 7. The van der Waals surface area contributed by atoms with E-state index >= 15 is 4.39 Å². The second-order valence-electron chi connectivity index (χ2n) is 12.5. The number of methoxy groups -OCH3 is 2. The Morgan fingerprint density at radius 1 is 0.648 bits per heavy atom. The molecular weight excluding hydrogens is 718 g/mol. The van der Waals surface area contributed by atoms with Crippen LogP contribution in [0.3, 0.4) is 0 Å². The first-order valence-electron chi connectivity index (χ1n) is 16.8. The summed E-state index contributed by atoms with van der Waals surface area (Å²) in [5.41, 5.74) is 0.121. The van der Waals surface area contributed by atoms with Gasteiger partial charge in [0, 0.05) is 24.2 Å². The SMILES string of the molecule is COc1ccc(CN(Cc2ccc(OC)cc2)c2cc(C)c(C(F)(F)F)c(-c3nc(Cl)c4c(-c5ccccc5)nc(-c5ccccc5)nc4c3F)n2)cc1. The number of halogens is 5. The van der Waals surface area contributed by atoms with E-state index in [4.69, 9.17) is 26.1 Å². The monoisotopic (exact) mass is 749 g/mol. The third kappa shape index (κ3) is 7.40. The maximum atomic E-state index is 17.1.